The lowest BCUT2D eigenvalue weighted by molar-refractivity contribution is -0.137. The summed E-state index contributed by atoms with van der Waals surface area (Å²) in [7, 11) is 1.96. The van der Waals surface area contributed by atoms with Crippen molar-refractivity contribution in [3.8, 4) is 5.75 Å². The van der Waals surface area contributed by atoms with Crippen molar-refractivity contribution >= 4 is 11.9 Å². The van der Waals surface area contributed by atoms with E-state index in [1.807, 2.05) is 42.3 Å². The molecule has 1 amide bonds. The number of ether oxygens (including phenoxy) is 1. The molecular weight excluding hydrogens is 346 g/mol. The van der Waals surface area contributed by atoms with E-state index in [9.17, 15) is 9.59 Å². The van der Waals surface area contributed by atoms with Crippen molar-refractivity contribution in [2.75, 3.05) is 25.9 Å². The third kappa shape index (κ3) is 4.85. The SMILES string of the molecule is CC(Oc1ccccc1)C(=O)N1CCC(N(C)Cc2cc(=O)[nH]c(N)n2)C1. The number of likely N-dealkylation sites (N-methyl/N-ethyl adjacent to an activating group) is 1. The number of hydrogen-bond acceptors (Lipinski definition) is 6. The van der Waals surface area contributed by atoms with Gasteiger partial charge in [0.2, 0.25) is 5.95 Å². The fraction of sp³-hybridized carbons (Fsp3) is 0.421. The molecule has 0 bridgehead atoms. The van der Waals surface area contributed by atoms with E-state index in [1.165, 1.54) is 6.07 Å². The van der Waals surface area contributed by atoms with E-state index in [0.717, 1.165) is 6.42 Å². The number of benzene rings is 1. The molecule has 3 rings (SSSR count). The van der Waals surface area contributed by atoms with Gasteiger partial charge in [0.1, 0.15) is 5.75 Å². The highest BCUT2D eigenvalue weighted by molar-refractivity contribution is 5.81. The van der Waals surface area contributed by atoms with Gasteiger partial charge in [0.15, 0.2) is 6.10 Å². The van der Waals surface area contributed by atoms with Crippen molar-refractivity contribution in [3.05, 3.63) is 52.4 Å². The zero-order valence-electron chi connectivity index (χ0n) is 15.6. The number of nitrogen functional groups attached to an aromatic ring is 1. The Balaban J connectivity index is 1.55. The molecule has 2 unspecified atom stereocenters. The Morgan fingerprint density at radius 2 is 2.19 bits per heavy atom. The van der Waals surface area contributed by atoms with Crippen LogP contribution in [0.4, 0.5) is 5.95 Å². The molecule has 2 heterocycles. The second-order valence-electron chi connectivity index (χ2n) is 6.84. The smallest absolute Gasteiger partial charge is 0.263 e. The molecule has 0 spiro atoms. The van der Waals surface area contributed by atoms with Gasteiger partial charge in [0.05, 0.1) is 5.69 Å². The van der Waals surface area contributed by atoms with E-state index in [4.69, 9.17) is 10.5 Å². The van der Waals surface area contributed by atoms with Crippen molar-refractivity contribution in [2.45, 2.75) is 32.0 Å². The number of carbonyl (C=O) groups is 1. The first-order valence-electron chi connectivity index (χ1n) is 8.99. The average molecular weight is 371 g/mol. The van der Waals surface area contributed by atoms with Crippen LogP contribution >= 0.6 is 0 Å². The first-order valence-corrected chi connectivity index (χ1v) is 8.99. The first kappa shape index (κ1) is 18.9. The number of hydrogen-bond donors (Lipinski definition) is 2. The minimum Gasteiger partial charge on any atom is -0.481 e. The van der Waals surface area contributed by atoms with Gasteiger partial charge in [0, 0.05) is 31.7 Å². The van der Waals surface area contributed by atoms with Gasteiger partial charge in [-0.2, -0.15) is 0 Å². The second-order valence-corrected chi connectivity index (χ2v) is 6.84. The lowest BCUT2D eigenvalue weighted by Crippen LogP contribution is -2.41. The van der Waals surface area contributed by atoms with Crippen molar-refractivity contribution in [2.24, 2.45) is 0 Å². The number of anilines is 1. The number of aromatic nitrogens is 2. The van der Waals surface area contributed by atoms with Gasteiger partial charge in [-0.05, 0) is 32.5 Å². The minimum atomic E-state index is -0.536. The largest absolute Gasteiger partial charge is 0.481 e. The summed E-state index contributed by atoms with van der Waals surface area (Å²) >= 11 is 0. The van der Waals surface area contributed by atoms with Gasteiger partial charge in [-0.25, -0.2) is 4.98 Å². The van der Waals surface area contributed by atoms with Crippen LogP contribution in [0.2, 0.25) is 0 Å². The molecule has 0 aliphatic carbocycles. The molecule has 1 aromatic carbocycles. The van der Waals surface area contributed by atoms with E-state index in [0.29, 0.717) is 31.1 Å². The molecule has 0 radical (unpaired) electrons. The maximum absolute atomic E-state index is 12.7. The minimum absolute atomic E-state index is 0.0201. The zero-order valence-corrected chi connectivity index (χ0v) is 15.6. The number of likely N-dealkylation sites (tertiary alicyclic amines) is 1. The summed E-state index contributed by atoms with van der Waals surface area (Å²) in [6.45, 7) is 3.57. The van der Waals surface area contributed by atoms with E-state index < -0.39 is 6.10 Å². The van der Waals surface area contributed by atoms with Crippen LogP contribution in [0.25, 0.3) is 0 Å². The topological polar surface area (TPSA) is 105 Å². The summed E-state index contributed by atoms with van der Waals surface area (Å²) in [5.41, 5.74) is 5.95. The molecule has 3 N–H and O–H groups in total. The van der Waals surface area contributed by atoms with Crippen LogP contribution in [0.15, 0.2) is 41.2 Å². The maximum atomic E-state index is 12.7. The lowest BCUT2D eigenvalue weighted by Gasteiger charge is -2.25. The third-order valence-corrected chi connectivity index (χ3v) is 4.73. The second kappa shape index (κ2) is 8.22. The number of carbonyl (C=O) groups excluding carboxylic acids is 1. The highest BCUT2D eigenvalue weighted by atomic mass is 16.5. The Bertz CT molecular complexity index is 839. The molecule has 1 fully saturated rings. The van der Waals surface area contributed by atoms with E-state index >= 15 is 0 Å². The van der Waals surface area contributed by atoms with Gasteiger partial charge >= 0.3 is 0 Å². The molecule has 8 heteroatoms. The highest BCUT2D eigenvalue weighted by Gasteiger charge is 2.32. The van der Waals surface area contributed by atoms with Crippen molar-refractivity contribution in [1.82, 2.24) is 19.8 Å². The van der Waals surface area contributed by atoms with E-state index in [2.05, 4.69) is 14.9 Å². The predicted octanol–water partition coefficient (Wildman–Crippen LogP) is 0.852. The molecule has 2 atom stereocenters. The summed E-state index contributed by atoms with van der Waals surface area (Å²) in [5.74, 6) is 0.776. The maximum Gasteiger partial charge on any atom is 0.263 e. The number of nitrogens with one attached hydrogen (secondary N) is 1. The normalized spacial score (nSPS) is 17.9. The van der Waals surface area contributed by atoms with Crippen molar-refractivity contribution in [1.29, 1.82) is 0 Å². The van der Waals surface area contributed by atoms with Crippen LogP contribution in [0, 0.1) is 0 Å². The number of nitrogens with two attached hydrogens (primary N) is 1. The molecular formula is C19H25N5O3. The molecule has 1 aromatic heterocycles. The molecule has 27 heavy (non-hydrogen) atoms. The summed E-state index contributed by atoms with van der Waals surface area (Å²) in [6.07, 6.45) is 0.324. The molecule has 0 saturated carbocycles. The van der Waals surface area contributed by atoms with Gasteiger partial charge in [0.25, 0.3) is 11.5 Å². The molecule has 8 nitrogen and oxygen atoms in total. The standard InChI is InChI=1S/C19H25N5O3/c1-13(27-16-6-4-3-5-7-16)18(26)24-9-8-15(12-24)23(2)11-14-10-17(25)22-19(20)21-14/h3-7,10,13,15H,8-9,11-12H2,1-2H3,(H3,20,21,22,25). The van der Waals surface area contributed by atoms with E-state index in [-0.39, 0.29) is 23.5 Å². The fourth-order valence-electron chi connectivity index (χ4n) is 3.31. The molecule has 144 valence electrons. The Morgan fingerprint density at radius 3 is 2.89 bits per heavy atom. The molecule has 1 aliphatic heterocycles. The van der Waals surface area contributed by atoms with Gasteiger partial charge in [-0.15, -0.1) is 0 Å². The summed E-state index contributed by atoms with van der Waals surface area (Å²) < 4.78 is 5.74. The third-order valence-electron chi connectivity index (χ3n) is 4.73. The first-order chi connectivity index (χ1) is 12.9. The Labute approximate surface area is 158 Å². The van der Waals surface area contributed by atoms with E-state index in [1.54, 1.807) is 6.92 Å². The fourth-order valence-corrected chi connectivity index (χ4v) is 3.31. The van der Waals surface area contributed by atoms with Crippen molar-refractivity contribution in [3.63, 3.8) is 0 Å². The molecule has 1 saturated heterocycles. The van der Waals surface area contributed by atoms with Crippen LogP contribution in [0.3, 0.4) is 0 Å². The monoisotopic (exact) mass is 371 g/mol. The highest BCUT2D eigenvalue weighted by Crippen LogP contribution is 2.19. The predicted molar refractivity (Wildman–Crippen MR) is 102 cm³/mol. The molecule has 2 aromatic rings. The zero-order chi connectivity index (χ0) is 19.4. The number of aromatic amines is 1. The van der Waals surface area contributed by atoms with Crippen LogP contribution in [-0.2, 0) is 11.3 Å². The quantitative estimate of drug-likeness (QED) is 0.780. The summed E-state index contributed by atoms with van der Waals surface area (Å²) in [6, 6.07) is 11.0. The molecule has 1 aliphatic rings. The Kier molecular flexibility index (Phi) is 5.75. The van der Waals surface area contributed by atoms with Crippen LogP contribution in [0.5, 0.6) is 5.75 Å². The number of para-hydroxylation sites is 1. The Morgan fingerprint density at radius 1 is 1.44 bits per heavy atom. The lowest BCUT2D eigenvalue weighted by atomic mass is 10.2. The van der Waals surface area contributed by atoms with Crippen LogP contribution < -0.4 is 16.0 Å². The van der Waals surface area contributed by atoms with Crippen LogP contribution in [0.1, 0.15) is 19.0 Å². The summed E-state index contributed by atoms with van der Waals surface area (Å²) in [4.78, 5) is 34.7. The summed E-state index contributed by atoms with van der Waals surface area (Å²) in [5, 5.41) is 0. The van der Waals surface area contributed by atoms with Crippen LogP contribution in [-0.4, -0.2) is 58.0 Å². The number of amides is 1. The number of rotatable bonds is 6. The number of H-pyrrole nitrogens is 1. The van der Waals surface area contributed by atoms with Crippen molar-refractivity contribution < 1.29 is 9.53 Å². The Hall–Kier alpha value is -2.87. The number of nitrogens with zero attached hydrogens (tertiary/aromatic N) is 3. The average Bonchev–Trinajstić information content (AvgIpc) is 3.11. The van der Waals surface area contributed by atoms with Gasteiger partial charge in [-0.3, -0.25) is 19.5 Å². The van der Waals surface area contributed by atoms with Gasteiger partial charge in [-0.1, -0.05) is 18.2 Å². The van der Waals surface area contributed by atoms with Gasteiger partial charge < -0.3 is 15.4 Å².